The summed E-state index contributed by atoms with van der Waals surface area (Å²) in [5.74, 6) is -1.24. The lowest BCUT2D eigenvalue weighted by Gasteiger charge is -2.41. The van der Waals surface area contributed by atoms with Crippen LogP contribution in [0.15, 0.2) is 85.1 Å². The molecule has 11 heteroatoms. The Bertz CT molecular complexity index is 1510. The summed E-state index contributed by atoms with van der Waals surface area (Å²) in [5.41, 5.74) is 0. The minimum Gasteiger partial charge on any atom is -0.454 e. The summed E-state index contributed by atoms with van der Waals surface area (Å²) >= 11 is 0. The predicted molar refractivity (Wildman–Crippen MR) is 301 cm³/mol. The Hall–Kier alpha value is -3.16. The van der Waals surface area contributed by atoms with Crippen LogP contribution in [-0.2, 0) is 23.8 Å². The highest BCUT2D eigenvalue weighted by molar-refractivity contribution is 5.80. The van der Waals surface area contributed by atoms with Gasteiger partial charge in [0.15, 0.2) is 12.4 Å². The molecule has 0 radical (unpaired) electrons. The van der Waals surface area contributed by atoms with Gasteiger partial charge in [-0.2, -0.15) is 0 Å². The fourth-order valence-corrected chi connectivity index (χ4v) is 8.61. The first kappa shape index (κ1) is 67.9. The van der Waals surface area contributed by atoms with Gasteiger partial charge in [0.2, 0.25) is 5.91 Å². The molecular formula is C62H107NO10. The highest BCUT2D eigenvalue weighted by Gasteiger charge is 2.47. The zero-order valence-corrected chi connectivity index (χ0v) is 46.2. The number of nitrogens with one attached hydrogen (secondary N) is 1. The summed E-state index contributed by atoms with van der Waals surface area (Å²) < 4.78 is 17.6. The van der Waals surface area contributed by atoms with Crippen molar-refractivity contribution < 1.29 is 49.3 Å². The van der Waals surface area contributed by atoms with Gasteiger partial charge in [-0.25, -0.2) is 0 Å². The molecule has 1 aliphatic heterocycles. The quantitative estimate of drug-likeness (QED) is 0.0195. The number of rotatable bonds is 48. The van der Waals surface area contributed by atoms with Crippen LogP contribution in [-0.4, -0.2) is 99.6 Å². The number of esters is 1. The van der Waals surface area contributed by atoms with Crippen LogP contribution in [0.25, 0.3) is 0 Å². The molecular weight excluding hydrogens is 919 g/mol. The molecule has 6 N–H and O–H groups in total. The lowest BCUT2D eigenvalue weighted by Crippen LogP contribution is -2.61. The summed E-state index contributed by atoms with van der Waals surface area (Å²) in [5, 5.41) is 56.8. The normalized spacial score (nSPS) is 20.0. The summed E-state index contributed by atoms with van der Waals surface area (Å²) in [6, 6.07) is -1.04. The molecule has 1 rings (SSSR count). The van der Waals surface area contributed by atoms with E-state index in [2.05, 4.69) is 99.0 Å². The lowest BCUT2D eigenvalue weighted by atomic mass is 9.99. The maximum atomic E-state index is 13.4. The second-order valence-corrected chi connectivity index (χ2v) is 20.0. The minimum atomic E-state index is -1.63. The third-order valence-corrected chi connectivity index (χ3v) is 13.3. The van der Waals surface area contributed by atoms with E-state index in [1.165, 1.54) is 70.6 Å². The van der Waals surface area contributed by atoms with E-state index in [1.807, 2.05) is 6.08 Å². The number of carbonyl (C=O) groups excluding carboxylic acids is 2. The first-order valence-electron chi connectivity index (χ1n) is 29.4. The van der Waals surface area contributed by atoms with Crippen LogP contribution in [0.3, 0.4) is 0 Å². The van der Waals surface area contributed by atoms with Crippen LogP contribution >= 0.6 is 0 Å². The number of amides is 1. The molecule has 1 heterocycles. The van der Waals surface area contributed by atoms with Gasteiger partial charge in [-0.05, 0) is 96.3 Å². The van der Waals surface area contributed by atoms with E-state index in [4.69, 9.17) is 14.2 Å². The number of allylic oxidation sites excluding steroid dienone is 13. The lowest BCUT2D eigenvalue weighted by molar-refractivity contribution is -0.305. The largest absolute Gasteiger partial charge is 0.454 e. The third-order valence-electron chi connectivity index (χ3n) is 13.3. The van der Waals surface area contributed by atoms with Crippen molar-refractivity contribution in [3.8, 4) is 0 Å². The molecule has 1 saturated heterocycles. The molecule has 1 fully saturated rings. The number of carbonyl (C=O) groups is 2. The Labute approximate surface area is 444 Å². The van der Waals surface area contributed by atoms with Crippen molar-refractivity contribution >= 4 is 11.9 Å². The van der Waals surface area contributed by atoms with Crippen LogP contribution in [0.1, 0.15) is 233 Å². The second-order valence-electron chi connectivity index (χ2n) is 20.0. The molecule has 0 aliphatic carbocycles. The fraction of sp³-hybridized carbons (Fsp3) is 0.742. The van der Waals surface area contributed by atoms with Crippen LogP contribution in [0.5, 0.6) is 0 Å². The Balaban J connectivity index is 2.73. The van der Waals surface area contributed by atoms with Gasteiger partial charge in [0.1, 0.15) is 24.4 Å². The monoisotopic (exact) mass is 1030 g/mol. The molecule has 0 saturated carbocycles. The van der Waals surface area contributed by atoms with Crippen molar-refractivity contribution in [3.63, 3.8) is 0 Å². The SMILES string of the molecule is CC/C=C/C/C=C/C/C=C/CCCCCC(O)C(=O)NC(COC1OC(CO)C(O)C(O)C1OC(=O)CCCCCCCC/C=C\C/C=C\C/C=C\CCCCC)C(O)/C=C/CCCCCCCCCCCC. The van der Waals surface area contributed by atoms with Gasteiger partial charge < -0.3 is 45.1 Å². The second kappa shape index (κ2) is 49.7. The highest BCUT2D eigenvalue weighted by Crippen LogP contribution is 2.26. The summed E-state index contributed by atoms with van der Waals surface area (Å²) in [4.78, 5) is 26.5. The smallest absolute Gasteiger partial charge is 0.306 e. The molecule has 8 unspecified atom stereocenters. The molecule has 0 aromatic carbocycles. The average Bonchev–Trinajstić information content (AvgIpc) is 3.39. The molecule has 0 spiro atoms. The van der Waals surface area contributed by atoms with Gasteiger partial charge >= 0.3 is 5.97 Å². The average molecular weight is 1030 g/mol. The first-order valence-corrected chi connectivity index (χ1v) is 29.4. The van der Waals surface area contributed by atoms with Gasteiger partial charge in [0.05, 0.1) is 25.4 Å². The van der Waals surface area contributed by atoms with Crippen LogP contribution in [0, 0.1) is 0 Å². The molecule has 0 aromatic rings. The Kier molecular flexibility index (Phi) is 46.2. The van der Waals surface area contributed by atoms with E-state index in [-0.39, 0.29) is 19.4 Å². The standard InChI is InChI=1S/C62H107NO10/c1-4-7-10-13-16-19-22-25-26-27-28-29-30-32-35-38-41-44-47-50-57(67)73-60-59(69)58(68)56(51-64)72-62(60)71-52-53(54(65)48-45-42-39-36-33-24-21-18-15-12-9-6-3)63-61(70)55(66)49-46-43-40-37-34-31-23-20-17-14-11-8-5-2/h8,11,16-17,19-20,25-26,28-29,31,34,45,48,53-56,58-60,62,64-66,68-69H,4-7,9-10,12-15,18,21-24,27,30,32-33,35-44,46-47,49-52H2,1-3H3,(H,63,70)/b11-8+,19-16-,20-17+,26-25-,29-28-,34-31+,48-45+. The summed E-state index contributed by atoms with van der Waals surface area (Å²) in [6.45, 7) is 5.60. The van der Waals surface area contributed by atoms with Gasteiger partial charge in [-0.15, -0.1) is 0 Å². The van der Waals surface area contributed by atoms with Crippen molar-refractivity contribution in [2.45, 2.75) is 282 Å². The van der Waals surface area contributed by atoms with Crippen LogP contribution in [0.2, 0.25) is 0 Å². The van der Waals surface area contributed by atoms with Gasteiger partial charge in [-0.3, -0.25) is 9.59 Å². The van der Waals surface area contributed by atoms with Crippen molar-refractivity contribution in [2.75, 3.05) is 13.2 Å². The topological polar surface area (TPSA) is 175 Å². The zero-order chi connectivity index (χ0) is 53.3. The predicted octanol–water partition coefficient (Wildman–Crippen LogP) is 13.4. The van der Waals surface area contributed by atoms with Gasteiger partial charge in [0.25, 0.3) is 0 Å². The number of aliphatic hydroxyl groups excluding tert-OH is 5. The molecule has 0 bridgehead atoms. The van der Waals surface area contributed by atoms with E-state index < -0.39 is 67.4 Å². The van der Waals surface area contributed by atoms with Crippen molar-refractivity contribution in [3.05, 3.63) is 85.1 Å². The van der Waals surface area contributed by atoms with Crippen LogP contribution in [0.4, 0.5) is 0 Å². The van der Waals surface area contributed by atoms with Crippen molar-refractivity contribution in [1.82, 2.24) is 5.32 Å². The number of hydrogen-bond donors (Lipinski definition) is 6. The Morgan fingerprint density at radius 1 is 0.548 bits per heavy atom. The number of ether oxygens (including phenoxy) is 3. The van der Waals surface area contributed by atoms with Crippen molar-refractivity contribution in [2.24, 2.45) is 0 Å². The Morgan fingerprint density at radius 3 is 1.51 bits per heavy atom. The van der Waals surface area contributed by atoms with E-state index in [0.29, 0.717) is 12.8 Å². The highest BCUT2D eigenvalue weighted by atomic mass is 16.7. The zero-order valence-electron chi connectivity index (χ0n) is 46.2. The van der Waals surface area contributed by atoms with Crippen molar-refractivity contribution in [1.29, 1.82) is 0 Å². The summed E-state index contributed by atoms with van der Waals surface area (Å²) in [6.07, 6.45) is 53.3. The summed E-state index contributed by atoms with van der Waals surface area (Å²) in [7, 11) is 0. The molecule has 8 atom stereocenters. The van der Waals surface area contributed by atoms with E-state index in [9.17, 15) is 35.1 Å². The fourth-order valence-electron chi connectivity index (χ4n) is 8.61. The van der Waals surface area contributed by atoms with E-state index in [0.717, 1.165) is 116 Å². The molecule has 0 aromatic heterocycles. The maximum absolute atomic E-state index is 13.4. The molecule has 73 heavy (non-hydrogen) atoms. The van der Waals surface area contributed by atoms with Crippen LogP contribution < -0.4 is 5.32 Å². The van der Waals surface area contributed by atoms with Gasteiger partial charge in [-0.1, -0.05) is 215 Å². The van der Waals surface area contributed by atoms with E-state index in [1.54, 1.807) is 6.08 Å². The third kappa shape index (κ3) is 38.1. The van der Waals surface area contributed by atoms with E-state index >= 15 is 0 Å². The molecule has 1 aliphatic rings. The minimum absolute atomic E-state index is 0.102. The molecule has 420 valence electrons. The number of aliphatic hydroxyl groups is 5. The number of hydrogen-bond acceptors (Lipinski definition) is 10. The Morgan fingerprint density at radius 2 is 0.986 bits per heavy atom. The molecule has 11 nitrogen and oxygen atoms in total. The first-order chi connectivity index (χ1) is 35.7. The molecule has 1 amide bonds. The maximum Gasteiger partial charge on any atom is 0.306 e. The number of unbranched alkanes of at least 4 members (excludes halogenated alkanes) is 22. The van der Waals surface area contributed by atoms with Gasteiger partial charge in [0, 0.05) is 6.42 Å².